The summed E-state index contributed by atoms with van der Waals surface area (Å²) in [4.78, 5) is 15.5. The van der Waals surface area contributed by atoms with Gasteiger partial charge in [0.2, 0.25) is 0 Å². The van der Waals surface area contributed by atoms with Gasteiger partial charge in [-0.3, -0.25) is 4.99 Å². The zero-order chi connectivity index (χ0) is 18.8. The number of carboxylic acid groups (broad SMARTS) is 1. The fourth-order valence-corrected chi connectivity index (χ4v) is 3.28. The molecular weight excluding hydrogens is 439 g/mol. The highest BCUT2D eigenvalue weighted by Crippen LogP contribution is 2.23. The SMILES string of the molecule is Cc1cc(-n2c(C)cc(C=Nc3cccc(C(=O)O)c3)c2C)ccc1I. The lowest BCUT2D eigenvalue weighted by Crippen LogP contribution is -2.00. The summed E-state index contributed by atoms with van der Waals surface area (Å²) in [6.07, 6.45) is 1.79. The summed E-state index contributed by atoms with van der Waals surface area (Å²) >= 11 is 2.34. The van der Waals surface area contributed by atoms with Crippen LogP contribution in [0, 0.1) is 24.3 Å². The number of rotatable bonds is 4. The third kappa shape index (κ3) is 3.72. The highest BCUT2D eigenvalue weighted by Gasteiger charge is 2.10. The predicted octanol–water partition coefficient (Wildman–Crippen LogP) is 5.46. The van der Waals surface area contributed by atoms with E-state index in [0.29, 0.717) is 5.69 Å². The molecule has 0 aliphatic carbocycles. The minimum absolute atomic E-state index is 0.236. The molecule has 1 N–H and O–H groups in total. The van der Waals surface area contributed by atoms with Crippen LogP contribution in [0.25, 0.3) is 5.69 Å². The Hall–Kier alpha value is -2.41. The van der Waals surface area contributed by atoms with Gasteiger partial charge in [0.25, 0.3) is 0 Å². The number of aromatic nitrogens is 1. The van der Waals surface area contributed by atoms with E-state index in [1.165, 1.54) is 9.13 Å². The summed E-state index contributed by atoms with van der Waals surface area (Å²) in [6, 6.07) is 15.1. The van der Waals surface area contributed by atoms with Crippen molar-refractivity contribution < 1.29 is 9.90 Å². The lowest BCUT2D eigenvalue weighted by atomic mass is 10.2. The van der Waals surface area contributed by atoms with Crippen molar-refractivity contribution in [1.29, 1.82) is 0 Å². The second-order valence-corrected chi connectivity index (χ2v) is 7.37. The highest BCUT2D eigenvalue weighted by molar-refractivity contribution is 14.1. The maximum atomic E-state index is 11.1. The van der Waals surface area contributed by atoms with Gasteiger partial charge in [0.1, 0.15) is 0 Å². The lowest BCUT2D eigenvalue weighted by Gasteiger charge is -2.11. The zero-order valence-electron chi connectivity index (χ0n) is 14.8. The van der Waals surface area contributed by atoms with Crippen LogP contribution in [0.15, 0.2) is 53.5 Å². The van der Waals surface area contributed by atoms with Crippen molar-refractivity contribution in [3.05, 3.63) is 80.2 Å². The Morgan fingerprint density at radius 3 is 2.58 bits per heavy atom. The molecule has 0 fully saturated rings. The van der Waals surface area contributed by atoms with Crippen molar-refractivity contribution in [2.45, 2.75) is 20.8 Å². The summed E-state index contributed by atoms with van der Waals surface area (Å²) < 4.78 is 3.45. The monoisotopic (exact) mass is 458 g/mol. The van der Waals surface area contributed by atoms with Gasteiger partial charge in [0, 0.05) is 32.4 Å². The molecule has 0 amide bonds. The number of carboxylic acids is 1. The van der Waals surface area contributed by atoms with Gasteiger partial charge in [0.15, 0.2) is 0 Å². The molecular formula is C21H19IN2O2. The van der Waals surface area contributed by atoms with E-state index >= 15 is 0 Å². The topological polar surface area (TPSA) is 54.6 Å². The van der Waals surface area contributed by atoms with Crippen molar-refractivity contribution >= 4 is 40.5 Å². The van der Waals surface area contributed by atoms with Gasteiger partial charge in [-0.15, -0.1) is 0 Å². The number of aryl methyl sites for hydroxylation is 2. The van der Waals surface area contributed by atoms with Gasteiger partial charge in [0.05, 0.1) is 11.3 Å². The Balaban J connectivity index is 1.96. The van der Waals surface area contributed by atoms with Gasteiger partial charge in [-0.1, -0.05) is 6.07 Å². The van der Waals surface area contributed by atoms with Crippen LogP contribution in [0.1, 0.15) is 32.9 Å². The van der Waals surface area contributed by atoms with Gasteiger partial charge >= 0.3 is 5.97 Å². The second-order valence-electron chi connectivity index (χ2n) is 6.21. The quantitative estimate of drug-likeness (QED) is 0.417. The number of benzene rings is 2. The molecule has 0 atom stereocenters. The van der Waals surface area contributed by atoms with E-state index in [1.807, 2.05) is 0 Å². The third-order valence-electron chi connectivity index (χ3n) is 4.32. The number of carbonyl (C=O) groups is 1. The maximum absolute atomic E-state index is 11.1. The first-order chi connectivity index (χ1) is 12.4. The summed E-state index contributed by atoms with van der Waals surface area (Å²) in [5.74, 6) is -0.950. The number of hydrogen-bond acceptors (Lipinski definition) is 2. The molecule has 0 aliphatic rings. The summed E-state index contributed by atoms with van der Waals surface area (Å²) in [7, 11) is 0. The summed E-state index contributed by atoms with van der Waals surface area (Å²) in [5.41, 5.74) is 6.48. The molecule has 0 spiro atoms. The first kappa shape index (κ1) is 18.4. The Morgan fingerprint density at radius 1 is 1.12 bits per heavy atom. The van der Waals surface area contributed by atoms with Crippen LogP contribution in [-0.2, 0) is 0 Å². The molecule has 4 nitrogen and oxygen atoms in total. The predicted molar refractivity (Wildman–Crippen MR) is 113 cm³/mol. The van der Waals surface area contributed by atoms with E-state index < -0.39 is 5.97 Å². The van der Waals surface area contributed by atoms with E-state index in [2.05, 4.69) is 77.2 Å². The number of nitrogens with zero attached hydrogens (tertiary/aromatic N) is 2. The van der Waals surface area contributed by atoms with E-state index in [-0.39, 0.29) is 5.56 Å². The van der Waals surface area contributed by atoms with Crippen molar-refractivity contribution in [2.75, 3.05) is 0 Å². The molecule has 26 heavy (non-hydrogen) atoms. The van der Waals surface area contributed by atoms with E-state index in [1.54, 1.807) is 30.5 Å². The van der Waals surface area contributed by atoms with Crippen molar-refractivity contribution in [2.24, 2.45) is 4.99 Å². The van der Waals surface area contributed by atoms with Crippen LogP contribution in [0.3, 0.4) is 0 Å². The lowest BCUT2D eigenvalue weighted by molar-refractivity contribution is 0.0697. The van der Waals surface area contributed by atoms with Crippen molar-refractivity contribution in [3.63, 3.8) is 0 Å². The molecule has 1 heterocycles. The van der Waals surface area contributed by atoms with Gasteiger partial charge in [-0.05, 0) is 91.4 Å². The number of halogens is 1. The fourth-order valence-electron chi connectivity index (χ4n) is 2.95. The normalized spacial score (nSPS) is 11.2. The minimum atomic E-state index is -0.950. The van der Waals surface area contributed by atoms with Crippen LogP contribution in [0.2, 0.25) is 0 Å². The van der Waals surface area contributed by atoms with Crippen LogP contribution < -0.4 is 0 Å². The van der Waals surface area contributed by atoms with E-state index in [9.17, 15) is 4.79 Å². The van der Waals surface area contributed by atoms with Crippen LogP contribution in [0.4, 0.5) is 5.69 Å². The second kappa shape index (κ2) is 7.45. The van der Waals surface area contributed by atoms with Crippen LogP contribution >= 0.6 is 22.6 Å². The standard InChI is InChI=1S/C21H19IN2O2/c1-13-9-19(7-8-20(13)22)24-14(2)10-17(15(24)3)12-23-18-6-4-5-16(11-18)21(25)26/h4-12H,1-3H3,(H,25,26). The molecule has 2 aromatic carbocycles. The third-order valence-corrected chi connectivity index (χ3v) is 5.53. The van der Waals surface area contributed by atoms with Gasteiger partial charge in [-0.2, -0.15) is 0 Å². The number of aliphatic imine (C=N–C) groups is 1. The molecule has 0 radical (unpaired) electrons. The molecule has 0 aliphatic heterocycles. The molecule has 0 saturated carbocycles. The van der Waals surface area contributed by atoms with Gasteiger partial charge < -0.3 is 9.67 Å². The molecule has 1 aromatic heterocycles. The molecule has 132 valence electrons. The Kier molecular flexibility index (Phi) is 5.27. The molecule has 3 aromatic rings. The Labute approximate surface area is 166 Å². The first-order valence-corrected chi connectivity index (χ1v) is 9.27. The van der Waals surface area contributed by atoms with Crippen molar-refractivity contribution in [3.8, 4) is 5.69 Å². The average Bonchev–Trinajstić information content (AvgIpc) is 2.89. The highest BCUT2D eigenvalue weighted by atomic mass is 127. The maximum Gasteiger partial charge on any atom is 0.335 e. The fraction of sp³-hybridized carbons (Fsp3) is 0.143. The summed E-state index contributed by atoms with van der Waals surface area (Å²) in [6.45, 7) is 6.25. The van der Waals surface area contributed by atoms with E-state index in [4.69, 9.17) is 5.11 Å². The van der Waals surface area contributed by atoms with E-state index in [0.717, 1.165) is 22.6 Å². The average molecular weight is 458 g/mol. The summed E-state index contributed by atoms with van der Waals surface area (Å²) in [5, 5.41) is 9.09. The van der Waals surface area contributed by atoms with Gasteiger partial charge in [-0.25, -0.2) is 4.79 Å². The first-order valence-electron chi connectivity index (χ1n) is 8.19. The zero-order valence-corrected chi connectivity index (χ0v) is 17.0. The molecule has 0 saturated heterocycles. The Morgan fingerprint density at radius 2 is 1.88 bits per heavy atom. The number of hydrogen-bond donors (Lipinski definition) is 1. The van der Waals surface area contributed by atoms with Crippen molar-refractivity contribution in [1.82, 2.24) is 4.57 Å². The minimum Gasteiger partial charge on any atom is -0.478 e. The molecule has 3 rings (SSSR count). The molecule has 0 bridgehead atoms. The Bertz CT molecular complexity index is 1020. The van der Waals surface area contributed by atoms with Crippen LogP contribution in [-0.4, -0.2) is 21.9 Å². The van der Waals surface area contributed by atoms with Crippen LogP contribution in [0.5, 0.6) is 0 Å². The molecule has 5 heteroatoms. The largest absolute Gasteiger partial charge is 0.478 e. The smallest absolute Gasteiger partial charge is 0.335 e. The molecule has 0 unspecified atom stereocenters. The number of aromatic carboxylic acids is 1.